The summed E-state index contributed by atoms with van der Waals surface area (Å²) < 4.78 is 0. The molecule has 0 spiro atoms. The van der Waals surface area contributed by atoms with E-state index in [2.05, 4.69) is 40.5 Å². The van der Waals surface area contributed by atoms with Crippen molar-refractivity contribution in [3.63, 3.8) is 0 Å². The number of rotatable bonds is 4. The molecular formula is C19H24N4O. The molecule has 0 radical (unpaired) electrons. The van der Waals surface area contributed by atoms with Crippen LogP contribution in [0.15, 0.2) is 30.5 Å². The second kappa shape index (κ2) is 7.43. The van der Waals surface area contributed by atoms with E-state index < -0.39 is 0 Å². The van der Waals surface area contributed by atoms with E-state index in [1.807, 2.05) is 12.1 Å². The summed E-state index contributed by atoms with van der Waals surface area (Å²) in [6, 6.07) is 7.98. The summed E-state index contributed by atoms with van der Waals surface area (Å²) in [6.07, 6.45) is 7.39. The fourth-order valence-corrected chi connectivity index (χ4v) is 3.06. The first-order valence-electron chi connectivity index (χ1n) is 8.60. The average Bonchev–Trinajstić information content (AvgIpc) is 2.60. The number of benzene rings is 1. The van der Waals surface area contributed by atoms with Crippen LogP contribution >= 0.6 is 0 Å². The molecule has 0 unspecified atom stereocenters. The van der Waals surface area contributed by atoms with Gasteiger partial charge in [0, 0.05) is 17.9 Å². The Kier molecular flexibility index (Phi) is 5.08. The Morgan fingerprint density at radius 1 is 1.12 bits per heavy atom. The molecule has 0 aliphatic heterocycles. The average molecular weight is 324 g/mol. The standard InChI is InChI=1S/C19H24N4O/c1-13-7-6-10-16(14(13)2)22-19-20-12-11-17(23-19)18(24)21-15-8-4-3-5-9-15/h6-7,10-12,15H,3-5,8-9H2,1-2H3,(H,21,24)(H,20,22,23). The van der Waals surface area contributed by atoms with E-state index >= 15 is 0 Å². The van der Waals surface area contributed by atoms with Gasteiger partial charge in [-0.15, -0.1) is 0 Å². The predicted octanol–water partition coefficient (Wildman–Crippen LogP) is 3.90. The summed E-state index contributed by atoms with van der Waals surface area (Å²) in [6.45, 7) is 4.12. The van der Waals surface area contributed by atoms with Gasteiger partial charge in [-0.2, -0.15) is 0 Å². The van der Waals surface area contributed by atoms with E-state index in [-0.39, 0.29) is 11.9 Å². The van der Waals surface area contributed by atoms with E-state index in [4.69, 9.17) is 0 Å². The van der Waals surface area contributed by atoms with Crippen molar-refractivity contribution in [2.45, 2.75) is 52.0 Å². The van der Waals surface area contributed by atoms with Crippen molar-refractivity contribution < 1.29 is 4.79 Å². The fraction of sp³-hybridized carbons (Fsp3) is 0.421. The van der Waals surface area contributed by atoms with Gasteiger partial charge in [-0.1, -0.05) is 31.4 Å². The monoisotopic (exact) mass is 324 g/mol. The van der Waals surface area contributed by atoms with Crippen LogP contribution in [0.1, 0.15) is 53.7 Å². The minimum atomic E-state index is -0.117. The highest BCUT2D eigenvalue weighted by Gasteiger charge is 2.17. The number of amides is 1. The number of carbonyl (C=O) groups is 1. The molecule has 126 valence electrons. The second-order valence-electron chi connectivity index (χ2n) is 6.45. The van der Waals surface area contributed by atoms with E-state index in [0.717, 1.165) is 24.1 Å². The molecule has 1 aromatic heterocycles. The number of nitrogens with one attached hydrogen (secondary N) is 2. The van der Waals surface area contributed by atoms with Gasteiger partial charge >= 0.3 is 0 Å². The van der Waals surface area contributed by atoms with Gasteiger partial charge in [0.05, 0.1) is 0 Å². The van der Waals surface area contributed by atoms with E-state index in [0.29, 0.717) is 11.6 Å². The molecule has 0 bridgehead atoms. The summed E-state index contributed by atoms with van der Waals surface area (Å²) in [5, 5.41) is 6.30. The molecule has 1 aromatic carbocycles. The first-order chi connectivity index (χ1) is 11.6. The lowest BCUT2D eigenvalue weighted by Crippen LogP contribution is -2.36. The van der Waals surface area contributed by atoms with Crippen LogP contribution in [0.2, 0.25) is 0 Å². The second-order valence-corrected chi connectivity index (χ2v) is 6.45. The topological polar surface area (TPSA) is 66.9 Å². The highest BCUT2D eigenvalue weighted by molar-refractivity contribution is 5.92. The van der Waals surface area contributed by atoms with Crippen LogP contribution in [0, 0.1) is 13.8 Å². The molecule has 1 amide bonds. The van der Waals surface area contributed by atoms with Crippen molar-refractivity contribution in [1.82, 2.24) is 15.3 Å². The third-order valence-corrected chi connectivity index (χ3v) is 4.68. The molecule has 2 N–H and O–H groups in total. The van der Waals surface area contributed by atoms with Crippen LogP contribution in [0.3, 0.4) is 0 Å². The maximum absolute atomic E-state index is 12.4. The van der Waals surface area contributed by atoms with Crippen LogP contribution in [0.5, 0.6) is 0 Å². The number of aryl methyl sites for hydroxylation is 1. The van der Waals surface area contributed by atoms with E-state index in [1.54, 1.807) is 12.3 Å². The van der Waals surface area contributed by atoms with E-state index in [1.165, 1.54) is 24.8 Å². The number of aromatic nitrogens is 2. The maximum atomic E-state index is 12.4. The molecule has 1 aliphatic rings. The molecule has 5 heteroatoms. The number of anilines is 2. The molecule has 0 saturated heterocycles. The summed E-state index contributed by atoms with van der Waals surface area (Å²) in [5.74, 6) is 0.327. The SMILES string of the molecule is Cc1cccc(Nc2nccc(C(=O)NC3CCCCC3)n2)c1C. The lowest BCUT2D eigenvalue weighted by molar-refractivity contribution is 0.0922. The van der Waals surface area contributed by atoms with Crippen LogP contribution in [0.4, 0.5) is 11.6 Å². The number of nitrogens with zero attached hydrogens (tertiary/aromatic N) is 2. The molecule has 1 saturated carbocycles. The Balaban J connectivity index is 1.71. The predicted molar refractivity (Wildman–Crippen MR) is 95.6 cm³/mol. The first kappa shape index (κ1) is 16.4. The molecule has 24 heavy (non-hydrogen) atoms. The smallest absolute Gasteiger partial charge is 0.270 e. The molecule has 1 fully saturated rings. The lowest BCUT2D eigenvalue weighted by atomic mass is 9.95. The zero-order valence-electron chi connectivity index (χ0n) is 14.3. The van der Waals surface area contributed by atoms with Gasteiger partial charge in [-0.25, -0.2) is 9.97 Å². The van der Waals surface area contributed by atoms with Gasteiger partial charge in [0.1, 0.15) is 5.69 Å². The Bertz CT molecular complexity index is 723. The van der Waals surface area contributed by atoms with Crippen molar-refractivity contribution in [3.05, 3.63) is 47.3 Å². The van der Waals surface area contributed by atoms with Crippen molar-refractivity contribution in [3.8, 4) is 0 Å². The van der Waals surface area contributed by atoms with Crippen LogP contribution in [-0.2, 0) is 0 Å². The Labute approximate surface area is 142 Å². The van der Waals surface area contributed by atoms with Gasteiger partial charge in [-0.3, -0.25) is 4.79 Å². The van der Waals surface area contributed by atoms with Gasteiger partial charge in [0.25, 0.3) is 5.91 Å². The number of hydrogen-bond acceptors (Lipinski definition) is 4. The maximum Gasteiger partial charge on any atom is 0.270 e. The van der Waals surface area contributed by atoms with E-state index in [9.17, 15) is 4.79 Å². The van der Waals surface area contributed by atoms with Crippen LogP contribution < -0.4 is 10.6 Å². The summed E-state index contributed by atoms with van der Waals surface area (Å²) >= 11 is 0. The molecule has 5 nitrogen and oxygen atoms in total. The minimum Gasteiger partial charge on any atom is -0.348 e. The molecule has 2 aromatic rings. The Hall–Kier alpha value is -2.43. The van der Waals surface area contributed by atoms with Crippen molar-refractivity contribution in [2.24, 2.45) is 0 Å². The third kappa shape index (κ3) is 3.91. The molecule has 0 atom stereocenters. The lowest BCUT2D eigenvalue weighted by Gasteiger charge is -2.22. The van der Waals surface area contributed by atoms with Crippen molar-refractivity contribution in [2.75, 3.05) is 5.32 Å². The van der Waals surface area contributed by atoms with Gasteiger partial charge in [-0.05, 0) is 49.9 Å². The Morgan fingerprint density at radius 3 is 2.71 bits per heavy atom. The highest BCUT2D eigenvalue weighted by atomic mass is 16.1. The number of hydrogen-bond donors (Lipinski definition) is 2. The van der Waals surface area contributed by atoms with Gasteiger partial charge in [0.15, 0.2) is 0 Å². The molecular weight excluding hydrogens is 300 g/mol. The Morgan fingerprint density at radius 2 is 1.92 bits per heavy atom. The summed E-state index contributed by atoms with van der Waals surface area (Å²) in [7, 11) is 0. The highest BCUT2D eigenvalue weighted by Crippen LogP contribution is 2.21. The van der Waals surface area contributed by atoms with Gasteiger partial charge in [0.2, 0.25) is 5.95 Å². The first-order valence-corrected chi connectivity index (χ1v) is 8.60. The largest absolute Gasteiger partial charge is 0.348 e. The quantitative estimate of drug-likeness (QED) is 0.895. The van der Waals surface area contributed by atoms with Gasteiger partial charge < -0.3 is 10.6 Å². The van der Waals surface area contributed by atoms with Crippen LogP contribution in [-0.4, -0.2) is 21.9 Å². The normalized spacial score (nSPS) is 15.1. The third-order valence-electron chi connectivity index (χ3n) is 4.68. The molecule has 3 rings (SSSR count). The summed E-state index contributed by atoms with van der Waals surface area (Å²) in [5.41, 5.74) is 3.72. The zero-order valence-corrected chi connectivity index (χ0v) is 14.3. The van der Waals surface area contributed by atoms with Crippen LogP contribution in [0.25, 0.3) is 0 Å². The van der Waals surface area contributed by atoms with Crippen molar-refractivity contribution >= 4 is 17.5 Å². The van der Waals surface area contributed by atoms with Crippen molar-refractivity contribution in [1.29, 1.82) is 0 Å². The zero-order chi connectivity index (χ0) is 16.9. The fourth-order valence-electron chi connectivity index (χ4n) is 3.06. The molecule has 1 heterocycles. The summed E-state index contributed by atoms with van der Waals surface area (Å²) in [4.78, 5) is 21.0. The molecule has 1 aliphatic carbocycles. The minimum absolute atomic E-state index is 0.117. The number of carbonyl (C=O) groups excluding carboxylic acids is 1.